The van der Waals surface area contributed by atoms with Crippen molar-refractivity contribution in [2.45, 2.75) is 42.7 Å². The number of nitrogens with zero attached hydrogens (tertiary/aromatic N) is 1. The van der Waals surface area contributed by atoms with Gasteiger partial charge >= 0.3 is 0 Å². The minimum Gasteiger partial charge on any atom is -0.379 e. The van der Waals surface area contributed by atoms with Crippen molar-refractivity contribution in [1.82, 2.24) is 9.62 Å². The van der Waals surface area contributed by atoms with Crippen LogP contribution in [-0.4, -0.2) is 51.7 Å². The lowest BCUT2D eigenvalue weighted by molar-refractivity contribution is 0.00712. The molecular formula is C22H26F2N2O3S. The molecule has 1 aliphatic carbocycles. The molecule has 1 saturated heterocycles. The monoisotopic (exact) mass is 436 g/mol. The van der Waals surface area contributed by atoms with Gasteiger partial charge in [0.15, 0.2) is 0 Å². The largest absolute Gasteiger partial charge is 0.379 e. The minimum atomic E-state index is -3.66. The van der Waals surface area contributed by atoms with Crippen LogP contribution in [0.4, 0.5) is 8.78 Å². The first-order chi connectivity index (χ1) is 14.4. The average Bonchev–Trinajstić information content (AvgIpc) is 2.75. The SMILES string of the molecule is O=S(=O)(NC1CCC(N2CCOCC2)CC1)c1ccc(-c2ccc(F)cc2F)cc1. The van der Waals surface area contributed by atoms with Crippen LogP contribution in [-0.2, 0) is 14.8 Å². The Balaban J connectivity index is 1.38. The fourth-order valence-electron chi connectivity index (χ4n) is 4.33. The first kappa shape index (κ1) is 21.4. The number of nitrogens with one attached hydrogen (secondary N) is 1. The van der Waals surface area contributed by atoms with Gasteiger partial charge in [-0.2, -0.15) is 0 Å². The molecule has 1 heterocycles. The Morgan fingerprint density at radius 2 is 1.60 bits per heavy atom. The van der Waals surface area contributed by atoms with E-state index in [4.69, 9.17) is 4.74 Å². The molecule has 4 rings (SSSR count). The van der Waals surface area contributed by atoms with Crippen molar-refractivity contribution < 1.29 is 21.9 Å². The van der Waals surface area contributed by atoms with Gasteiger partial charge in [0.1, 0.15) is 11.6 Å². The second kappa shape index (κ2) is 9.09. The summed E-state index contributed by atoms with van der Waals surface area (Å²) in [6, 6.07) is 9.76. The molecule has 1 aliphatic heterocycles. The van der Waals surface area contributed by atoms with Crippen LogP contribution in [0.1, 0.15) is 25.7 Å². The van der Waals surface area contributed by atoms with E-state index in [0.717, 1.165) is 58.1 Å². The van der Waals surface area contributed by atoms with E-state index in [-0.39, 0.29) is 16.5 Å². The molecule has 0 bridgehead atoms. The number of sulfonamides is 1. The first-order valence-corrected chi connectivity index (χ1v) is 11.8. The van der Waals surface area contributed by atoms with Gasteiger partial charge in [0.05, 0.1) is 18.1 Å². The molecule has 0 atom stereocenters. The van der Waals surface area contributed by atoms with Crippen LogP contribution in [0.2, 0.25) is 0 Å². The summed E-state index contributed by atoms with van der Waals surface area (Å²) in [6.45, 7) is 3.43. The van der Waals surface area contributed by atoms with Gasteiger partial charge in [-0.1, -0.05) is 12.1 Å². The van der Waals surface area contributed by atoms with E-state index < -0.39 is 21.7 Å². The second-order valence-corrected chi connectivity index (χ2v) is 9.64. The van der Waals surface area contributed by atoms with Crippen molar-refractivity contribution in [1.29, 1.82) is 0 Å². The predicted molar refractivity (Wildman–Crippen MR) is 111 cm³/mol. The van der Waals surface area contributed by atoms with Gasteiger partial charge in [-0.05, 0) is 55.5 Å². The summed E-state index contributed by atoms with van der Waals surface area (Å²) in [7, 11) is -3.66. The molecule has 1 N–H and O–H groups in total. The highest BCUT2D eigenvalue weighted by molar-refractivity contribution is 7.89. The lowest BCUT2D eigenvalue weighted by Gasteiger charge is -2.38. The highest BCUT2D eigenvalue weighted by atomic mass is 32.2. The lowest BCUT2D eigenvalue weighted by atomic mass is 9.90. The number of ether oxygens (including phenoxy) is 1. The molecule has 0 aromatic heterocycles. The zero-order valence-corrected chi connectivity index (χ0v) is 17.5. The van der Waals surface area contributed by atoms with E-state index in [9.17, 15) is 17.2 Å². The van der Waals surface area contributed by atoms with Gasteiger partial charge in [0.2, 0.25) is 10.0 Å². The summed E-state index contributed by atoms with van der Waals surface area (Å²) in [5.74, 6) is -1.33. The number of hydrogen-bond acceptors (Lipinski definition) is 4. The maximum Gasteiger partial charge on any atom is 0.240 e. The molecule has 2 aliphatic rings. The Labute approximate surface area is 176 Å². The molecule has 2 aromatic rings. The van der Waals surface area contributed by atoms with Gasteiger partial charge in [-0.3, -0.25) is 4.90 Å². The molecular weight excluding hydrogens is 410 g/mol. The van der Waals surface area contributed by atoms with E-state index >= 15 is 0 Å². The molecule has 30 heavy (non-hydrogen) atoms. The summed E-state index contributed by atoms with van der Waals surface area (Å²) in [5, 5.41) is 0. The Hall–Kier alpha value is -1.87. The van der Waals surface area contributed by atoms with Gasteiger partial charge in [-0.15, -0.1) is 0 Å². The van der Waals surface area contributed by atoms with Crippen LogP contribution in [0.3, 0.4) is 0 Å². The van der Waals surface area contributed by atoms with Crippen LogP contribution in [0.15, 0.2) is 47.4 Å². The fourth-order valence-corrected chi connectivity index (χ4v) is 5.63. The summed E-state index contributed by atoms with van der Waals surface area (Å²) in [5.41, 5.74) is 0.729. The molecule has 162 valence electrons. The van der Waals surface area contributed by atoms with Crippen molar-refractivity contribution in [3.63, 3.8) is 0 Å². The zero-order chi connectivity index (χ0) is 21.1. The maximum absolute atomic E-state index is 14.0. The quantitative estimate of drug-likeness (QED) is 0.779. The van der Waals surface area contributed by atoms with Crippen molar-refractivity contribution in [3.8, 4) is 11.1 Å². The lowest BCUT2D eigenvalue weighted by Crippen LogP contribution is -2.47. The third-order valence-corrected chi connectivity index (χ3v) is 7.52. The summed E-state index contributed by atoms with van der Waals surface area (Å²) >= 11 is 0. The standard InChI is InChI=1S/C22H26F2N2O3S/c23-17-3-10-21(22(24)15-17)16-1-8-20(9-2-16)30(27,28)25-18-4-6-19(7-5-18)26-11-13-29-14-12-26/h1-3,8-10,15,18-19,25H,4-7,11-14H2. The maximum atomic E-state index is 14.0. The number of hydrogen-bond donors (Lipinski definition) is 1. The highest BCUT2D eigenvalue weighted by Gasteiger charge is 2.29. The number of benzene rings is 2. The molecule has 5 nitrogen and oxygen atoms in total. The topological polar surface area (TPSA) is 58.6 Å². The Kier molecular flexibility index (Phi) is 6.48. The van der Waals surface area contributed by atoms with Crippen molar-refractivity contribution in [2.75, 3.05) is 26.3 Å². The molecule has 0 radical (unpaired) electrons. The normalized spacial score (nSPS) is 23.4. The highest BCUT2D eigenvalue weighted by Crippen LogP contribution is 2.27. The van der Waals surface area contributed by atoms with E-state index in [1.807, 2.05) is 0 Å². The van der Waals surface area contributed by atoms with Crippen LogP contribution in [0.5, 0.6) is 0 Å². The summed E-state index contributed by atoms with van der Waals surface area (Å²) in [4.78, 5) is 2.59. The molecule has 2 aromatic carbocycles. The molecule has 2 fully saturated rings. The third kappa shape index (κ3) is 4.88. The molecule has 0 unspecified atom stereocenters. The third-order valence-electron chi connectivity index (χ3n) is 5.99. The van der Waals surface area contributed by atoms with Crippen LogP contribution in [0.25, 0.3) is 11.1 Å². The molecule has 0 spiro atoms. The Morgan fingerprint density at radius 1 is 0.933 bits per heavy atom. The summed E-state index contributed by atoms with van der Waals surface area (Å²) in [6.07, 6.45) is 3.55. The molecule has 8 heteroatoms. The fraction of sp³-hybridized carbons (Fsp3) is 0.455. The van der Waals surface area contributed by atoms with Crippen LogP contribution in [0, 0.1) is 11.6 Å². The molecule has 0 amide bonds. The number of halogens is 2. The van der Waals surface area contributed by atoms with Crippen molar-refractivity contribution in [3.05, 3.63) is 54.1 Å². The first-order valence-electron chi connectivity index (χ1n) is 10.3. The number of rotatable bonds is 5. The average molecular weight is 437 g/mol. The van der Waals surface area contributed by atoms with Gasteiger partial charge in [0.25, 0.3) is 0 Å². The van der Waals surface area contributed by atoms with E-state index in [1.165, 1.54) is 24.3 Å². The zero-order valence-electron chi connectivity index (χ0n) is 16.7. The second-order valence-electron chi connectivity index (χ2n) is 7.92. The Bertz CT molecular complexity index is 968. The van der Waals surface area contributed by atoms with E-state index in [1.54, 1.807) is 12.1 Å². The molecule has 1 saturated carbocycles. The van der Waals surface area contributed by atoms with Gasteiger partial charge in [-0.25, -0.2) is 21.9 Å². The van der Waals surface area contributed by atoms with Crippen LogP contribution >= 0.6 is 0 Å². The predicted octanol–water partition coefficient (Wildman–Crippen LogP) is 3.55. The minimum absolute atomic E-state index is 0.0819. The van der Waals surface area contributed by atoms with Crippen LogP contribution < -0.4 is 4.72 Å². The van der Waals surface area contributed by atoms with Gasteiger partial charge in [0, 0.05) is 36.8 Å². The van der Waals surface area contributed by atoms with Gasteiger partial charge < -0.3 is 4.74 Å². The summed E-state index contributed by atoms with van der Waals surface area (Å²) < 4.78 is 60.9. The van der Waals surface area contributed by atoms with Crippen molar-refractivity contribution >= 4 is 10.0 Å². The Morgan fingerprint density at radius 3 is 2.23 bits per heavy atom. The number of morpholine rings is 1. The van der Waals surface area contributed by atoms with Crippen molar-refractivity contribution in [2.24, 2.45) is 0 Å². The van der Waals surface area contributed by atoms with E-state index in [0.29, 0.717) is 11.6 Å². The van der Waals surface area contributed by atoms with E-state index in [2.05, 4.69) is 9.62 Å². The smallest absolute Gasteiger partial charge is 0.240 e.